The van der Waals surface area contributed by atoms with Crippen LogP contribution in [0.5, 0.6) is 0 Å². The minimum Gasteiger partial charge on any atom is -0.352 e. The lowest BCUT2D eigenvalue weighted by molar-refractivity contribution is -0.140. The van der Waals surface area contributed by atoms with Crippen molar-refractivity contribution in [2.24, 2.45) is 0 Å². The molecule has 10 heteroatoms. The highest BCUT2D eigenvalue weighted by atomic mass is 79.9. The van der Waals surface area contributed by atoms with E-state index in [0.29, 0.717) is 27.2 Å². The Morgan fingerprint density at radius 2 is 1.50 bits per heavy atom. The van der Waals surface area contributed by atoms with Gasteiger partial charge in [0.25, 0.3) is 10.0 Å². The summed E-state index contributed by atoms with van der Waals surface area (Å²) in [5.74, 6) is -0.858. The van der Waals surface area contributed by atoms with Crippen LogP contribution in [0.15, 0.2) is 119 Å². The van der Waals surface area contributed by atoms with Gasteiger partial charge in [0, 0.05) is 28.5 Å². The van der Waals surface area contributed by atoms with Crippen LogP contribution in [0.4, 0.5) is 5.69 Å². The number of hydrogen-bond acceptors (Lipinski definition) is 4. The van der Waals surface area contributed by atoms with Crippen LogP contribution in [-0.2, 0) is 32.6 Å². The van der Waals surface area contributed by atoms with E-state index in [4.69, 9.17) is 11.6 Å². The van der Waals surface area contributed by atoms with E-state index in [9.17, 15) is 18.0 Å². The van der Waals surface area contributed by atoms with Crippen LogP contribution in [-0.4, -0.2) is 43.8 Å². The van der Waals surface area contributed by atoms with Gasteiger partial charge in [-0.25, -0.2) is 8.42 Å². The van der Waals surface area contributed by atoms with Crippen LogP contribution in [0.2, 0.25) is 5.02 Å². The normalized spacial score (nSPS) is 12.6. The first-order chi connectivity index (χ1) is 21.1. The summed E-state index contributed by atoms with van der Waals surface area (Å²) in [5, 5.41) is 3.52. The summed E-state index contributed by atoms with van der Waals surface area (Å²) >= 11 is 9.73. The Labute approximate surface area is 273 Å². The molecule has 2 atom stereocenters. The number of rotatable bonds is 13. The average molecular weight is 697 g/mol. The van der Waals surface area contributed by atoms with Gasteiger partial charge in [-0.15, -0.1) is 0 Å². The highest BCUT2D eigenvalue weighted by Crippen LogP contribution is 2.27. The lowest BCUT2D eigenvalue weighted by Gasteiger charge is -2.34. The summed E-state index contributed by atoms with van der Waals surface area (Å²) < 4.78 is 29.8. The van der Waals surface area contributed by atoms with E-state index in [1.54, 1.807) is 60.7 Å². The molecule has 0 saturated carbocycles. The second-order valence-electron chi connectivity index (χ2n) is 10.5. The molecule has 0 aliphatic heterocycles. The Morgan fingerprint density at radius 1 is 0.864 bits per heavy atom. The van der Waals surface area contributed by atoms with E-state index in [1.165, 1.54) is 17.0 Å². The molecule has 1 N–H and O–H groups in total. The van der Waals surface area contributed by atoms with Crippen LogP contribution in [0.1, 0.15) is 31.4 Å². The zero-order valence-corrected chi connectivity index (χ0v) is 27.7. The number of nitrogens with one attached hydrogen (secondary N) is 1. The molecule has 0 radical (unpaired) electrons. The Balaban J connectivity index is 1.80. The first-order valence-corrected chi connectivity index (χ1v) is 16.9. The Morgan fingerprint density at radius 3 is 2.14 bits per heavy atom. The SMILES string of the molecule is CCC(C)NC(=O)C(Cc1ccccc1)N(Cc1cccc(Cl)c1)C(=O)CN(c1cccc(Br)c1)S(=O)(=O)c1ccccc1. The van der Waals surface area contributed by atoms with Gasteiger partial charge in [-0.2, -0.15) is 0 Å². The Hall–Kier alpha value is -3.66. The molecule has 0 heterocycles. The van der Waals surface area contributed by atoms with Gasteiger partial charge in [0.15, 0.2) is 0 Å². The van der Waals surface area contributed by atoms with E-state index in [1.807, 2.05) is 50.2 Å². The maximum absolute atomic E-state index is 14.5. The van der Waals surface area contributed by atoms with Crippen molar-refractivity contribution in [3.8, 4) is 0 Å². The molecule has 2 unspecified atom stereocenters. The number of anilines is 1. The lowest BCUT2D eigenvalue weighted by Crippen LogP contribution is -2.54. The fourth-order valence-electron chi connectivity index (χ4n) is 4.71. The molecule has 4 aromatic carbocycles. The third kappa shape index (κ3) is 8.71. The van der Waals surface area contributed by atoms with Crippen molar-refractivity contribution in [3.63, 3.8) is 0 Å². The smallest absolute Gasteiger partial charge is 0.264 e. The zero-order valence-electron chi connectivity index (χ0n) is 24.6. The van der Waals surface area contributed by atoms with Gasteiger partial charge in [0.1, 0.15) is 12.6 Å². The fourth-order valence-corrected chi connectivity index (χ4v) is 6.73. The molecular formula is C34H35BrClN3O4S. The Bertz CT molecular complexity index is 1670. The van der Waals surface area contributed by atoms with Crippen molar-refractivity contribution >= 4 is 55.1 Å². The van der Waals surface area contributed by atoms with Gasteiger partial charge in [0.05, 0.1) is 10.6 Å². The van der Waals surface area contributed by atoms with Crippen LogP contribution in [0.3, 0.4) is 0 Å². The predicted molar refractivity (Wildman–Crippen MR) is 179 cm³/mol. The summed E-state index contributed by atoms with van der Waals surface area (Å²) in [4.78, 5) is 29.8. The van der Waals surface area contributed by atoms with E-state index in [0.717, 1.165) is 9.87 Å². The molecule has 0 spiro atoms. The standard InChI is InChI=1S/C34H35BrClN3O4S/c1-3-25(2)37-34(41)32(21-26-12-6-4-7-13-26)38(23-27-14-10-16-29(36)20-27)33(40)24-39(30-17-11-15-28(35)22-30)44(42,43)31-18-8-5-9-19-31/h4-20,22,25,32H,3,21,23-24H2,1-2H3,(H,37,41). The molecule has 0 saturated heterocycles. The summed E-state index contributed by atoms with van der Waals surface area (Å²) in [6.45, 7) is 3.39. The topological polar surface area (TPSA) is 86.8 Å². The first kappa shape index (κ1) is 33.2. The molecule has 7 nitrogen and oxygen atoms in total. The molecule has 0 fully saturated rings. The second-order valence-corrected chi connectivity index (χ2v) is 13.7. The van der Waals surface area contributed by atoms with Crippen molar-refractivity contribution in [1.82, 2.24) is 10.2 Å². The van der Waals surface area contributed by atoms with Gasteiger partial charge in [-0.05, 0) is 66.9 Å². The summed E-state index contributed by atoms with van der Waals surface area (Å²) in [6.07, 6.45) is 0.940. The van der Waals surface area contributed by atoms with Crippen molar-refractivity contribution in [3.05, 3.63) is 130 Å². The van der Waals surface area contributed by atoms with Gasteiger partial charge in [0.2, 0.25) is 11.8 Å². The van der Waals surface area contributed by atoms with Gasteiger partial charge in [-0.1, -0.05) is 101 Å². The minimum absolute atomic E-state index is 0.0442. The molecule has 2 amide bonds. The lowest BCUT2D eigenvalue weighted by atomic mass is 10.0. The maximum Gasteiger partial charge on any atom is 0.264 e. The van der Waals surface area contributed by atoms with Gasteiger partial charge in [-0.3, -0.25) is 13.9 Å². The third-order valence-electron chi connectivity index (χ3n) is 7.22. The largest absolute Gasteiger partial charge is 0.352 e. The van der Waals surface area contributed by atoms with Crippen molar-refractivity contribution in [2.75, 3.05) is 10.8 Å². The first-order valence-electron chi connectivity index (χ1n) is 14.3. The molecule has 0 bridgehead atoms. The van der Waals surface area contributed by atoms with E-state index in [-0.39, 0.29) is 29.8 Å². The molecule has 44 heavy (non-hydrogen) atoms. The van der Waals surface area contributed by atoms with E-state index < -0.39 is 28.5 Å². The zero-order chi connectivity index (χ0) is 31.7. The van der Waals surface area contributed by atoms with Crippen LogP contribution >= 0.6 is 27.5 Å². The number of halogens is 2. The van der Waals surface area contributed by atoms with Crippen molar-refractivity contribution < 1.29 is 18.0 Å². The molecule has 0 aliphatic rings. The minimum atomic E-state index is -4.16. The van der Waals surface area contributed by atoms with Gasteiger partial charge >= 0.3 is 0 Å². The van der Waals surface area contributed by atoms with Crippen LogP contribution in [0.25, 0.3) is 0 Å². The summed E-state index contributed by atoms with van der Waals surface area (Å²) in [5.41, 5.74) is 1.88. The van der Waals surface area contributed by atoms with Crippen LogP contribution in [0, 0.1) is 0 Å². The van der Waals surface area contributed by atoms with E-state index >= 15 is 0 Å². The van der Waals surface area contributed by atoms with E-state index in [2.05, 4.69) is 21.2 Å². The van der Waals surface area contributed by atoms with Crippen molar-refractivity contribution in [2.45, 2.75) is 50.2 Å². The number of sulfonamides is 1. The summed E-state index contributed by atoms with van der Waals surface area (Å²) in [7, 11) is -4.16. The number of benzene rings is 4. The van der Waals surface area contributed by atoms with Crippen molar-refractivity contribution in [1.29, 1.82) is 0 Å². The molecular weight excluding hydrogens is 662 g/mol. The highest BCUT2D eigenvalue weighted by Gasteiger charge is 2.35. The van der Waals surface area contributed by atoms with Gasteiger partial charge < -0.3 is 10.2 Å². The number of carbonyl (C=O) groups is 2. The molecule has 0 aromatic heterocycles. The third-order valence-corrected chi connectivity index (χ3v) is 9.74. The van der Waals surface area contributed by atoms with Crippen LogP contribution < -0.4 is 9.62 Å². The molecule has 4 rings (SSSR count). The Kier molecular flexibility index (Phi) is 11.6. The quantitative estimate of drug-likeness (QED) is 0.166. The fraction of sp³-hybridized carbons (Fsp3) is 0.235. The monoisotopic (exact) mass is 695 g/mol. The maximum atomic E-state index is 14.5. The summed E-state index contributed by atoms with van der Waals surface area (Å²) in [6, 6.07) is 30.2. The molecule has 0 aliphatic carbocycles. The predicted octanol–water partition coefficient (Wildman–Crippen LogP) is 6.85. The average Bonchev–Trinajstić information content (AvgIpc) is 3.02. The number of amides is 2. The number of carbonyl (C=O) groups excluding carboxylic acids is 2. The number of nitrogens with zero attached hydrogens (tertiary/aromatic N) is 2. The second kappa shape index (κ2) is 15.4. The molecule has 230 valence electrons. The molecule has 4 aromatic rings. The highest BCUT2D eigenvalue weighted by molar-refractivity contribution is 9.10. The number of hydrogen-bond donors (Lipinski definition) is 1.